The van der Waals surface area contributed by atoms with Crippen molar-refractivity contribution in [3.05, 3.63) is 28.6 Å². The molecule has 5 heteroatoms. The average Bonchev–Trinajstić information content (AvgIpc) is 2.27. The Kier molecular flexibility index (Phi) is 2.83. The molecule has 0 fully saturated rings. The summed E-state index contributed by atoms with van der Waals surface area (Å²) in [5.41, 5.74) is 1.75. The largest absolute Gasteiger partial charge is 0.478 e. The molecule has 0 saturated carbocycles. The first-order valence-corrected chi connectivity index (χ1v) is 5.56. The van der Waals surface area contributed by atoms with E-state index < -0.39 is 5.97 Å². The van der Waals surface area contributed by atoms with Crippen LogP contribution in [0.2, 0.25) is 0 Å². The number of hydrogen-bond donors (Lipinski definition) is 2. The molecule has 90 valence electrons. The Balaban J connectivity index is 2.63. The lowest BCUT2D eigenvalue weighted by atomic mass is 9.97. The van der Waals surface area contributed by atoms with Gasteiger partial charge in [0, 0.05) is 13.0 Å². The molecule has 1 aromatic rings. The highest BCUT2D eigenvalue weighted by Crippen LogP contribution is 2.22. The van der Waals surface area contributed by atoms with E-state index in [4.69, 9.17) is 5.11 Å². The number of nitrogens with zero attached hydrogens (tertiary/aromatic N) is 1. The lowest BCUT2D eigenvalue weighted by Crippen LogP contribution is -2.33. The minimum absolute atomic E-state index is 0.0244. The van der Waals surface area contributed by atoms with Gasteiger partial charge in [0.05, 0.1) is 22.5 Å². The van der Waals surface area contributed by atoms with Crippen LogP contribution in [0.15, 0.2) is 6.07 Å². The lowest BCUT2D eigenvalue weighted by molar-refractivity contribution is 0.0694. The highest BCUT2D eigenvalue weighted by molar-refractivity contribution is 5.99. The molecule has 1 aliphatic rings. The van der Waals surface area contributed by atoms with E-state index >= 15 is 0 Å². The predicted molar refractivity (Wildman–Crippen MR) is 61.3 cm³/mol. The van der Waals surface area contributed by atoms with E-state index in [2.05, 4.69) is 10.3 Å². The number of carboxylic acid groups (broad SMARTS) is 1. The third-order valence-corrected chi connectivity index (χ3v) is 2.80. The van der Waals surface area contributed by atoms with Crippen LogP contribution in [-0.4, -0.2) is 28.5 Å². The fraction of sp³-hybridized carbons (Fsp3) is 0.417. The number of pyridine rings is 1. The molecule has 5 nitrogen and oxygen atoms in total. The molecule has 2 rings (SSSR count). The Bertz CT molecular complexity index is 495. The minimum Gasteiger partial charge on any atom is -0.478 e. The number of aromatic nitrogens is 1. The zero-order chi connectivity index (χ0) is 12.6. The lowest BCUT2D eigenvalue weighted by Gasteiger charge is -2.19. The molecule has 2 heterocycles. The van der Waals surface area contributed by atoms with Gasteiger partial charge in [-0.05, 0) is 12.0 Å². The normalized spacial score (nSPS) is 14.4. The monoisotopic (exact) mass is 234 g/mol. The summed E-state index contributed by atoms with van der Waals surface area (Å²) in [4.78, 5) is 27.1. The van der Waals surface area contributed by atoms with Gasteiger partial charge < -0.3 is 10.4 Å². The number of carbonyl (C=O) groups excluding carboxylic acids is 1. The highest BCUT2D eigenvalue weighted by Gasteiger charge is 2.24. The summed E-state index contributed by atoms with van der Waals surface area (Å²) >= 11 is 0. The number of amides is 1. The van der Waals surface area contributed by atoms with E-state index in [1.807, 2.05) is 13.8 Å². The van der Waals surface area contributed by atoms with Gasteiger partial charge in [-0.1, -0.05) is 13.8 Å². The zero-order valence-electron chi connectivity index (χ0n) is 9.78. The second kappa shape index (κ2) is 4.16. The van der Waals surface area contributed by atoms with Crippen LogP contribution in [0.4, 0.5) is 0 Å². The van der Waals surface area contributed by atoms with Gasteiger partial charge in [0.15, 0.2) is 0 Å². The molecule has 1 aromatic heterocycles. The predicted octanol–water partition coefficient (Wildman–Crippen LogP) is 1.19. The average molecular weight is 234 g/mol. The van der Waals surface area contributed by atoms with Crippen LogP contribution in [-0.2, 0) is 6.42 Å². The smallest absolute Gasteiger partial charge is 0.337 e. The van der Waals surface area contributed by atoms with Crippen LogP contribution in [0.3, 0.4) is 0 Å². The van der Waals surface area contributed by atoms with E-state index in [1.165, 1.54) is 6.07 Å². The van der Waals surface area contributed by atoms with Crippen molar-refractivity contribution in [3.8, 4) is 0 Å². The summed E-state index contributed by atoms with van der Waals surface area (Å²) in [7, 11) is 0. The van der Waals surface area contributed by atoms with Crippen molar-refractivity contribution in [1.82, 2.24) is 10.3 Å². The number of rotatable bonds is 2. The van der Waals surface area contributed by atoms with Gasteiger partial charge in [0.1, 0.15) is 0 Å². The van der Waals surface area contributed by atoms with Crippen molar-refractivity contribution in [2.45, 2.75) is 26.2 Å². The van der Waals surface area contributed by atoms with Crippen LogP contribution in [0.25, 0.3) is 0 Å². The van der Waals surface area contributed by atoms with Gasteiger partial charge in [-0.15, -0.1) is 0 Å². The Morgan fingerprint density at radius 1 is 1.53 bits per heavy atom. The van der Waals surface area contributed by atoms with E-state index in [9.17, 15) is 9.59 Å². The third kappa shape index (κ3) is 2.00. The molecular formula is C12H14N2O3. The van der Waals surface area contributed by atoms with Gasteiger partial charge in [-0.3, -0.25) is 9.78 Å². The molecule has 2 N–H and O–H groups in total. The highest BCUT2D eigenvalue weighted by atomic mass is 16.4. The van der Waals surface area contributed by atoms with Gasteiger partial charge in [-0.2, -0.15) is 0 Å². The van der Waals surface area contributed by atoms with Gasteiger partial charge >= 0.3 is 5.97 Å². The second-order valence-electron chi connectivity index (χ2n) is 4.38. The number of nitrogens with one attached hydrogen (secondary N) is 1. The summed E-state index contributed by atoms with van der Waals surface area (Å²) in [6.07, 6.45) is 0.653. The molecular weight excluding hydrogens is 220 g/mol. The summed E-state index contributed by atoms with van der Waals surface area (Å²) in [5.74, 6) is -1.25. The number of aromatic carboxylic acids is 1. The van der Waals surface area contributed by atoms with Crippen LogP contribution < -0.4 is 5.32 Å². The van der Waals surface area contributed by atoms with Crippen molar-refractivity contribution < 1.29 is 14.7 Å². The van der Waals surface area contributed by atoms with Crippen molar-refractivity contribution in [2.24, 2.45) is 0 Å². The number of carboxylic acids is 1. The third-order valence-electron chi connectivity index (χ3n) is 2.80. The maximum Gasteiger partial charge on any atom is 0.337 e. The molecule has 0 aromatic carbocycles. The first kappa shape index (κ1) is 11.6. The molecule has 0 radical (unpaired) electrons. The summed E-state index contributed by atoms with van der Waals surface area (Å²) in [6, 6.07) is 1.44. The summed E-state index contributed by atoms with van der Waals surface area (Å²) < 4.78 is 0. The Hall–Kier alpha value is -1.91. The molecule has 0 atom stereocenters. The number of carbonyl (C=O) groups is 2. The standard InChI is InChI=1S/C12H14N2O3/c1-6(2)10-8(12(16)17)5-7-9(14-10)3-4-13-11(7)15/h5-6H,3-4H2,1-2H3,(H,13,15)(H,16,17). The molecule has 17 heavy (non-hydrogen) atoms. The summed E-state index contributed by atoms with van der Waals surface area (Å²) in [6.45, 7) is 4.34. The van der Waals surface area contributed by atoms with Crippen molar-refractivity contribution in [3.63, 3.8) is 0 Å². The number of hydrogen-bond acceptors (Lipinski definition) is 3. The summed E-state index contributed by atoms with van der Waals surface area (Å²) in [5, 5.41) is 11.8. The maximum atomic E-state index is 11.6. The quantitative estimate of drug-likeness (QED) is 0.805. The molecule has 1 amide bonds. The topological polar surface area (TPSA) is 79.3 Å². The fourth-order valence-electron chi connectivity index (χ4n) is 1.96. The number of fused-ring (bicyclic) bond motifs is 1. The fourth-order valence-corrected chi connectivity index (χ4v) is 1.96. The molecule has 1 aliphatic heterocycles. The van der Waals surface area contributed by atoms with Crippen molar-refractivity contribution in [1.29, 1.82) is 0 Å². The first-order valence-electron chi connectivity index (χ1n) is 5.56. The molecule has 0 bridgehead atoms. The minimum atomic E-state index is -1.04. The van der Waals surface area contributed by atoms with Gasteiger partial charge in [0.2, 0.25) is 0 Å². The Morgan fingerprint density at radius 3 is 2.82 bits per heavy atom. The van der Waals surface area contributed by atoms with E-state index in [-0.39, 0.29) is 17.4 Å². The van der Waals surface area contributed by atoms with Crippen LogP contribution in [0, 0.1) is 0 Å². The molecule has 0 aliphatic carbocycles. The van der Waals surface area contributed by atoms with Crippen molar-refractivity contribution in [2.75, 3.05) is 6.54 Å². The molecule has 0 unspecified atom stereocenters. The maximum absolute atomic E-state index is 11.6. The van der Waals surface area contributed by atoms with E-state index in [1.54, 1.807) is 0 Å². The van der Waals surface area contributed by atoms with Crippen LogP contribution in [0.5, 0.6) is 0 Å². The van der Waals surface area contributed by atoms with Crippen molar-refractivity contribution >= 4 is 11.9 Å². The van der Waals surface area contributed by atoms with E-state index in [0.717, 1.165) is 0 Å². The second-order valence-corrected chi connectivity index (χ2v) is 4.38. The van der Waals surface area contributed by atoms with Crippen LogP contribution >= 0.6 is 0 Å². The van der Waals surface area contributed by atoms with Crippen LogP contribution in [0.1, 0.15) is 51.9 Å². The van der Waals surface area contributed by atoms with Gasteiger partial charge in [0.25, 0.3) is 5.91 Å². The van der Waals surface area contributed by atoms with E-state index in [0.29, 0.717) is 29.9 Å². The molecule has 0 spiro atoms. The van der Waals surface area contributed by atoms with Gasteiger partial charge in [-0.25, -0.2) is 4.79 Å². The SMILES string of the molecule is CC(C)c1nc2c(cc1C(=O)O)C(=O)NCC2. The first-order chi connectivity index (χ1) is 8.00. The Morgan fingerprint density at radius 2 is 2.24 bits per heavy atom. The molecule has 0 saturated heterocycles. The zero-order valence-corrected chi connectivity index (χ0v) is 9.78. The Labute approximate surface area is 98.9 Å².